The second-order valence-electron chi connectivity index (χ2n) is 6.73. The van der Waals surface area contributed by atoms with Crippen LogP contribution in [0.3, 0.4) is 0 Å². The highest BCUT2D eigenvalue weighted by molar-refractivity contribution is 14.0. The monoisotopic (exact) mass is 482 g/mol. The molecule has 2 unspecified atom stereocenters. The summed E-state index contributed by atoms with van der Waals surface area (Å²) in [5.41, 5.74) is 0.851. The van der Waals surface area contributed by atoms with Crippen molar-refractivity contribution in [2.75, 3.05) is 20.1 Å². The molecule has 26 heavy (non-hydrogen) atoms. The number of likely N-dealkylation sites (tertiary alicyclic amines) is 1. The van der Waals surface area contributed by atoms with E-state index in [9.17, 15) is 8.78 Å². The lowest BCUT2D eigenvalue weighted by molar-refractivity contribution is -0.0498. The van der Waals surface area contributed by atoms with E-state index >= 15 is 0 Å². The highest BCUT2D eigenvalue weighted by Gasteiger charge is 2.31. The van der Waals surface area contributed by atoms with Crippen LogP contribution in [0.4, 0.5) is 8.78 Å². The van der Waals surface area contributed by atoms with Crippen molar-refractivity contribution in [1.29, 1.82) is 0 Å². The minimum Gasteiger partial charge on any atom is -0.435 e. The molecule has 8 heteroatoms. The molecule has 0 aliphatic carbocycles. The number of hydrogen-bond acceptors (Lipinski definition) is 3. The summed E-state index contributed by atoms with van der Waals surface area (Å²) in [7, 11) is 1.73. The molecule has 0 radical (unpaired) electrons. The molecule has 0 bridgehead atoms. The van der Waals surface area contributed by atoms with Crippen LogP contribution in [-0.4, -0.2) is 49.7 Å². The van der Waals surface area contributed by atoms with Crippen molar-refractivity contribution < 1.29 is 13.5 Å². The summed E-state index contributed by atoms with van der Waals surface area (Å²) in [5.74, 6) is 1.40. The lowest BCUT2D eigenvalue weighted by atomic mass is 10.1. The largest absolute Gasteiger partial charge is 0.435 e. The van der Waals surface area contributed by atoms with Gasteiger partial charge in [0, 0.05) is 38.8 Å². The Hall–Kier alpha value is -1.16. The fourth-order valence-corrected chi connectivity index (χ4v) is 3.00. The molecule has 1 aliphatic rings. The van der Waals surface area contributed by atoms with Crippen molar-refractivity contribution in [3.05, 3.63) is 29.8 Å². The third kappa shape index (κ3) is 6.86. The SMILES string of the molecule is CN=C(NCc1cccc(OC(F)F)c1)NC1CN(C(C)C)CC1C.I. The Morgan fingerprint density at radius 1 is 1.35 bits per heavy atom. The van der Waals surface area contributed by atoms with Crippen LogP contribution in [0.2, 0.25) is 0 Å². The molecule has 0 amide bonds. The number of nitrogens with zero attached hydrogens (tertiary/aromatic N) is 2. The summed E-state index contributed by atoms with van der Waals surface area (Å²) in [5, 5.41) is 6.70. The summed E-state index contributed by atoms with van der Waals surface area (Å²) >= 11 is 0. The maximum atomic E-state index is 12.3. The molecule has 1 heterocycles. The lowest BCUT2D eigenvalue weighted by Crippen LogP contribution is -2.46. The van der Waals surface area contributed by atoms with E-state index in [0.717, 1.165) is 18.7 Å². The molecule has 0 spiro atoms. The van der Waals surface area contributed by atoms with Gasteiger partial charge in [-0.2, -0.15) is 8.78 Å². The fraction of sp³-hybridized carbons (Fsp3) is 0.611. The molecule has 148 valence electrons. The molecule has 0 saturated carbocycles. The van der Waals surface area contributed by atoms with Gasteiger partial charge in [-0.1, -0.05) is 19.1 Å². The van der Waals surface area contributed by atoms with Gasteiger partial charge in [-0.15, -0.1) is 24.0 Å². The maximum Gasteiger partial charge on any atom is 0.387 e. The van der Waals surface area contributed by atoms with Crippen LogP contribution < -0.4 is 15.4 Å². The van der Waals surface area contributed by atoms with E-state index in [-0.39, 0.29) is 29.7 Å². The number of aliphatic imine (C=N–C) groups is 1. The minimum absolute atomic E-state index is 0. The van der Waals surface area contributed by atoms with Crippen molar-refractivity contribution >= 4 is 29.9 Å². The Labute approximate surface area is 171 Å². The van der Waals surface area contributed by atoms with Crippen molar-refractivity contribution in [2.24, 2.45) is 10.9 Å². The smallest absolute Gasteiger partial charge is 0.387 e. The Morgan fingerprint density at radius 2 is 2.08 bits per heavy atom. The summed E-state index contributed by atoms with van der Waals surface area (Å²) in [6, 6.07) is 7.54. The maximum absolute atomic E-state index is 12.3. The first-order valence-corrected chi connectivity index (χ1v) is 8.64. The highest BCUT2D eigenvalue weighted by Crippen LogP contribution is 2.19. The topological polar surface area (TPSA) is 48.9 Å². The summed E-state index contributed by atoms with van der Waals surface area (Å²) in [4.78, 5) is 6.71. The van der Waals surface area contributed by atoms with Gasteiger partial charge < -0.3 is 15.4 Å². The molecule has 1 saturated heterocycles. The van der Waals surface area contributed by atoms with Crippen LogP contribution in [0.25, 0.3) is 0 Å². The number of ether oxygens (including phenoxy) is 1. The minimum atomic E-state index is -2.81. The van der Waals surface area contributed by atoms with Gasteiger partial charge in [0.05, 0.1) is 0 Å². The molecular formula is C18H29F2IN4O. The zero-order chi connectivity index (χ0) is 18.4. The van der Waals surface area contributed by atoms with Gasteiger partial charge in [0.1, 0.15) is 5.75 Å². The zero-order valence-electron chi connectivity index (χ0n) is 15.7. The molecule has 1 aromatic carbocycles. The van der Waals surface area contributed by atoms with Gasteiger partial charge in [-0.05, 0) is 37.5 Å². The Kier molecular flexibility index (Phi) is 9.56. The lowest BCUT2D eigenvalue weighted by Gasteiger charge is -2.22. The predicted molar refractivity (Wildman–Crippen MR) is 111 cm³/mol. The number of halogens is 3. The van der Waals surface area contributed by atoms with Gasteiger partial charge in [-0.25, -0.2) is 0 Å². The summed E-state index contributed by atoms with van der Waals surface area (Å²) in [6.07, 6.45) is 0. The zero-order valence-corrected chi connectivity index (χ0v) is 18.0. The van der Waals surface area contributed by atoms with E-state index < -0.39 is 6.61 Å². The molecular weight excluding hydrogens is 453 g/mol. The molecule has 0 aromatic heterocycles. The van der Waals surface area contributed by atoms with Crippen molar-refractivity contribution in [2.45, 2.75) is 46.0 Å². The number of rotatable bonds is 6. The Bertz CT molecular complexity index is 586. The summed E-state index contributed by atoms with van der Waals surface area (Å²) < 4.78 is 29.0. The first-order chi connectivity index (χ1) is 11.9. The van der Waals surface area contributed by atoms with Crippen molar-refractivity contribution in [3.63, 3.8) is 0 Å². The standard InChI is InChI=1S/C18H28F2N4O.HI/c1-12(2)24-10-13(3)16(11-24)23-18(21-4)22-9-14-6-5-7-15(8-14)25-17(19)20;/h5-8,12-13,16-17H,9-11H2,1-4H3,(H2,21,22,23);1H. The van der Waals surface area contributed by atoms with E-state index in [1.54, 1.807) is 19.2 Å². The molecule has 2 N–H and O–H groups in total. The van der Waals surface area contributed by atoms with E-state index in [4.69, 9.17) is 0 Å². The molecule has 1 fully saturated rings. The average Bonchev–Trinajstić information content (AvgIpc) is 2.92. The van der Waals surface area contributed by atoms with Crippen molar-refractivity contribution in [1.82, 2.24) is 15.5 Å². The van der Waals surface area contributed by atoms with E-state index in [1.165, 1.54) is 6.07 Å². The van der Waals surface area contributed by atoms with Crippen LogP contribution in [0, 0.1) is 5.92 Å². The van der Waals surface area contributed by atoms with Crippen molar-refractivity contribution in [3.8, 4) is 5.75 Å². The first-order valence-electron chi connectivity index (χ1n) is 8.64. The number of alkyl halides is 2. The van der Waals surface area contributed by atoms with E-state index in [2.05, 4.69) is 46.0 Å². The molecule has 1 aliphatic heterocycles. The highest BCUT2D eigenvalue weighted by atomic mass is 127. The third-order valence-corrected chi connectivity index (χ3v) is 4.50. The van der Waals surface area contributed by atoms with Gasteiger partial charge in [0.25, 0.3) is 0 Å². The van der Waals surface area contributed by atoms with Gasteiger partial charge in [0.2, 0.25) is 0 Å². The number of hydrogen-bond donors (Lipinski definition) is 2. The third-order valence-electron chi connectivity index (χ3n) is 4.50. The van der Waals surface area contributed by atoms with E-state index in [1.807, 2.05) is 6.07 Å². The Morgan fingerprint density at radius 3 is 2.65 bits per heavy atom. The number of guanidine groups is 1. The summed E-state index contributed by atoms with van der Waals surface area (Å²) in [6.45, 7) is 6.36. The van der Waals surface area contributed by atoms with Crippen LogP contribution in [0.15, 0.2) is 29.3 Å². The predicted octanol–water partition coefficient (Wildman–Crippen LogP) is 3.30. The second-order valence-corrected chi connectivity index (χ2v) is 6.73. The van der Waals surface area contributed by atoms with Crippen LogP contribution in [-0.2, 0) is 6.54 Å². The molecule has 2 atom stereocenters. The number of nitrogens with one attached hydrogen (secondary N) is 2. The van der Waals surface area contributed by atoms with Gasteiger partial charge in [-0.3, -0.25) is 9.89 Å². The fourth-order valence-electron chi connectivity index (χ4n) is 3.00. The molecule has 1 aromatic rings. The van der Waals surface area contributed by atoms with Crippen LogP contribution >= 0.6 is 24.0 Å². The van der Waals surface area contributed by atoms with E-state index in [0.29, 0.717) is 30.5 Å². The van der Waals surface area contributed by atoms with Gasteiger partial charge >= 0.3 is 6.61 Å². The second kappa shape index (κ2) is 10.9. The van der Waals surface area contributed by atoms with Crippen LogP contribution in [0.1, 0.15) is 26.3 Å². The molecule has 2 rings (SSSR count). The number of benzene rings is 1. The molecule has 5 nitrogen and oxygen atoms in total. The average molecular weight is 482 g/mol. The Balaban J connectivity index is 0.00000338. The van der Waals surface area contributed by atoms with Crippen LogP contribution in [0.5, 0.6) is 5.75 Å². The van der Waals surface area contributed by atoms with Gasteiger partial charge in [0.15, 0.2) is 5.96 Å². The first kappa shape index (κ1) is 22.9. The normalized spacial score (nSPS) is 21.0. The quantitative estimate of drug-likeness (QED) is 0.371.